The largest absolute Gasteiger partial charge is 0.278 e. The van der Waals surface area contributed by atoms with Gasteiger partial charge in [-0.25, -0.2) is 4.39 Å². The third-order valence-electron chi connectivity index (χ3n) is 4.97. The molecule has 1 saturated carbocycles. The van der Waals surface area contributed by atoms with Crippen LogP contribution in [-0.2, 0) is 16.1 Å². The number of rotatable bonds is 3. The summed E-state index contributed by atoms with van der Waals surface area (Å²) in [6.07, 6.45) is 0.940. The Labute approximate surface area is 133 Å². The zero-order chi connectivity index (χ0) is 16.0. The second-order valence-corrected chi connectivity index (χ2v) is 6.41. The summed E-state index contributed by atoms with van der Waals surface area (Å²) in [5.74, 6) is -0.451. The molecule has 2 aromatic carbocycles. The van der Waals surface area contributed by atoms with E-state index < -0.39 is 5.41 Å². The minimum atomic E-state index is -0.594. The van der Waals surface area contributed by atoms with Gasteiger partial charge >= 0.3 is 0 Å². The van der Waals surface area contributed by atoms with Crippen molar-refractivity contribution in [2.24, 2.45) is 5.41 Å². The second kappa shape index (κ2) is 5.01. The molecule has 116 valence electrons. The average molecular weight is 309 g/mol. The summed E-state index contributed by atoms with van der Waals surface area (Å²) in [4.78, 5) is 26.5. The van der Waals surface area contributed by atoms with Gasteiger partial charge in [-0.3, -0.25) is 14.5 Å². The van der Waals surface area contributed by atoms with Crippen LogP contribution in [0.15, 0.2) is 54.6 Å². The fourth-order valence-electron chi connectivity index (χ4n) is 3.62. The van der Waals surface area contributed by atoms with Crippen molar-refractivity contribution in [1.29, 1.82) is 0 Å². The maximum atomic E-state index is 13.1. The standard InChI is InChI=1S/C19H16FNO2/c20-15-8-6-14(7-9-15)16-10-19(16)11-17(22)21(18(19)23)12-13-4-2-1-3-5-13/h1-9,16H,10-12H2/t16-,19?/m1/s1. The molecule has 4 heteroatoms. The van der Waals surface area contributed by atoms with Crippen LogP contribution in [-0.4, -0.2) is 16.7 Å². The van der Waals surface area contributed by atoms with Gasteiger partial charge in [0.25, 0.3) is 0 Å². The van der Waals surface area contributed by atoms with E-state index in [2.05, 4.69) is 0 Å². The lowest BCUT2D eigenvalue weighted by molar-refractivity contribution is -0.140. The van der Waals surface area contributed by atoms with E-state index in [-0.39, 0.29) is 30.0 Å². The highest BCUT2D eigenvalue weighted by molar-refractivity contribution is 6.08. The molecule has 0 bridgehead atoms. The van der Waals surface area contributed by atoms with Crippen molar-refractivity contribution < 1.29 is 14.0 Å². The van der Waals surface area contributed by atoms with Crippen molar-refractivity contribution in [3.8, 4) is 0 Å². The molecular weight excluding hydrogens is 293 g/mol. The van der Waals surface area contributed by atoms with Gasteiger partial charge in [0.2, 0.25) is 11.8 Å². The van der Waals surface area contributed by atoms with Gasteiger partial charge in [-0.15, -0.1) is 0 Å². The van der Waals surface area contributed by atoms with Gasteiger partial charge < -0.3 is 0 Å². The predicted molar refractivity (Wildman–Crippen MR) is 82.8 cm³/mol. The number of nitrogens with zero attached hydrogens (tertiary/aromatic N) is 1. The Morgan fingerprint density at radius 3 is 2.43 bits per heavy atom. The third kappa shape index (κ3) is 2.25. The second-order valence-electron chi connectivity index (χ2n) is 6.41. The molecule has 2 aromatic rings. The van der Waals surface area contributed by atoms with Crippen molar-refractivity contribution in [2.75, 3.05) is 0 Å². The average Bonchev–Trinajstić information content (AvgIpc) is 3.23. The number of likely N-dealkylation sites (tertiary alicyclic amines) is 1. The van der Waals surface area contributed by atoms with E-state index in [1.54, 1.807) is 12.1 Å². The Morgan fingerprint density at radius 2 is 1.74 bits per heavy atom. The molecule has 4 rings (SSSR count). The molecule has 1 aliphatic heterocycles. The summed E-state index contributed by atoms with van der Waals surface area (Å²) < 4.78 is 13.1. The van der Waals surface area contributed by atoms with Crippen LogP contribution in [0.25, 0.3) is 0 Å². The molecule has 2 atom stereocenters. The van der Waals surface area contributed by atoms with Gasteiger partial charge in [0.1, 0.15) is 5.82 Å². The first-order chi connectivity index (χ1) is 11.1. The molecule has 1 unspecified atom stereocenters. The maximum absolute atomic E-state index is 13.1. The molecule has 0 aromatic heterocycles. The van der Waals surface area contributed by atoms with Gasteiger partial charge in [-0.05, 0) is 35.6 Å². The van der Waals surface area contributed by atoms with Gasteiger partial charge in [-0.1, -0.05) is 42.5 Å². The number of carbonyl (C=O) groups excluding carboxylic acids is 2. The van der Waals surface area contributed by atoms with Gasteiger partial charge in [0.15, 0.2) is 0 Å². The Hall–Kier alpha value is -2.49. The smallest absolute Gasteiger partial charge is 0.236 e. The van der Waals surface area contributed by atoms with Crippen LogP contribution < -0.4 is 0 Å². The predicted octanol–water partition coefficient (Wildman–Crippen LogP) is 3.26. The summed E-state index contributed by atoms with van der Waals surface area (Å²) in [6, 6.07) is 15.8. The summed E-state index contributed by atoms with van der Waals surface area (Å²) in [7, 11) is 0. The molecule has 1 spiro atoms. The molecule has 1 heterocycles. The van der Waals surface area contributed by atoms with E-state index >= 15 is 0 Å². The SMILES string of the molecule is O=C1CC2(C[C@@H]2c2ccc(F)cc2)C(=O)N1Cc1ccccc1. The zero-order valence-electron chi connectivity index (χ0n) is 12.5. The van der Waals surface area contributed by atoms with E-state index in [0.29, 0.717) is 13.0 Å². The molecule has 23 heavy (non-hydrogen) atoms. The third-order valence-corrected chi connectivity index (χ3v) is 4.97. The number of imide groups is 1. The van der Waals surface area contributed by atoms with Crippen LogP contribution in [0.5, 0.6) is 0 Å². The number of carbonyl (C=O) groups is 2. The highest BCUT2D eigenvalue weighted by Crippen LogP contribution is 2.65. The molecule has 0 N–H and O–H groups in total. The first-order valence-corrected chi connectivity index (χ1v) is 7.74. The van der Waals surface area contributed by atoms with E-state index in [0.717, 1.165) is 11.1 Å². The van der Waals surface area contributed by atoms with E-state index in [9.17, 15) is 14.0 Å². The maximum Gasteiger partial charge on any atom is 0.236 e. The molecule has 2 aliphatic rings. The lowest BCUT2D eigenvalue weighted by Gasteiger charge is -2.15. The molecular formula is C19H16FNO2. The van der Waals surface area contributed by atoms with Crippen LogP contribution in [0.3, 0.4) is 0 Å². The molecule has 0 radical (unpaired) electrons. The first-order valence-electron chi connectivity index (χ1n) is 7.74. The minimum Gasteiger partial charge on any atom is -0.278 e. The van der Waals surface area contributed by atoms with Crippen LogP contribution >= 0.6 is 0 Å². The Balaban J connectivity index is 1.55. The van der Waals surface area contributed by atoms with Crippen LogP contribution in [0.4, 0.5) is 4.39 Å². The number of amides is 2. The summed E-state index contributed by atoms with van der Waals surface area (Å²) in [5, 5.41) is 0. The van der Waals surface area contributed by atoms with Gasteiger partial charge in [0.05, 0.1) is 12.0 Å². The van der Waals surface area contributed by atoms with E-state index in [4.69, 9.17) is 0 Å². The van der Waals surface area contributed by atoms with E-state index in [1.165, 1.54) is 17.0 Å². The monoisotopic (exact) mass is 309 g/mol. The molecule has 3 nitrogen and oxygen atoms in total. The minimum absolute atomic E-state index is 0.0281. The van der Waals surface area contributed by atoms with E-state index in [1.807, 2.05) is 30.3 Å². The number of hydrogen-bond donors (Lipinski definition) is 0. The number of hydrogen-bond acceptors (Lipinski definition) is 2. The van der Waals surface area contributed by atoms with Crippen LogP contribution in [0.2, 0.25) is 0 Å². The molecule has 2 fully saturated rings. The molecule has 1 saturated heterocycles. The topological polar surface area (TPSA) is 37.4 Å². The number of halogens is 1. The van der Waals surface area contributed by atoms with Crippen molar-refractivity contribution in [1.82, 2.24) is 4.90 Å². The Kier molecular flexibility index (Phi) is 3.08. The normalized spacial score (nSPS) is 26.1. The highest BCUT2D eigenvalue weighted by Gasteiger charge is 2.67. The Bertz CT molecular complexity index is 772. The fourth-order valence-corrected chi connectivity index (χ4v) is 3.62. The summed E-state index contributed by atoms with van der Waals surface area (Å²) in [5.41, 5.74) is 1.29. The van der Waals surface area contributed by atoms with Gasteiger partial charge in [-0.2, -0.15) is 0 Å². The lowest BCUT2D eigenvalue weighted by atomic mass is 9.97. The van der Waals surface area contributed by atoms with Crippen molar-refractivity contribution >= 4 is 11.8 Å². The van der Waals surface area contributed by atoms with Crippen molar-refractivity contribution in [2.45, 2.75) is 25.3 Å². The lowest BCUT2D eigenvalue weighted by Crippen LogP contribution is -2.30. The quantitative estimate of drug-likeness (QED) is 0.816. The summed E-state index contributed by atoms with van der Waals surface area (Å²) in [6.45, 7) is 0.330. The Morgan fingerprint density at radius 1 is 1.04 bits per heavy atom. The van der Waals surface area contributed by atoms with Crippen LogP contribution in [0, 0.1) is 11.2 Å². The molecule has 1 aliphatic carbocycles. The van der Waals surface area contributed by atoms with Crippen molar-refractivity contribution in [3.63, 3.8) is 0 Å². The fraction of sp³-hybridized carbons (Fsp3) is 0.263. The zero-order valence-corrected chi connectivity index (χ0v) is 12.5. The highest BCUT2D eigenvalue weighted by atomic mass is 19.1. The first kappa shape index (κ1) is 14.1. The van der Waals surface area contributed by atoms with Crippen LogP contribution in [0.1, 0.15) is 29.9 Å². The number of benzene rings is 2. The van der Waals surface area contributed by atoms with Crippen molar-refractivity contribution in [3.05, 3.63) is 71.5 Å². The summed E-state index contributed by atoms with van der Waals surface area (Å²) >= 11 is 0. The van der Waals surface area contributed by atoms with Gasteiger partial charge in [0, 0.05) is 6.42 Å². The molecule has 2 amide bonds.